The molecule has 0 bridgehead atoms. The number of hydrogen-bond acceptors (Lipinski definition) is 5. The average Bonchev–Trinajstić information content (AvgIpc) is 3.13. The number of nitrogens with one attached hydrogen (secondary N) is 1. The number of carbonyl (C=O) groups is 1. The number of likely N-dealkylation sites (tertiary alicyclic amines) is 1. The molecule has 2 aromatic rings. The van der Waals surface area contributed by atoms with Crippen LogP contribution in [0, 0.1) is 5.92 Å². The Morgan fingerprint density at radius 1 is 1.30 bits per heavy atom. The molecule has 1 fully saturated rings. The summed E-state index contributed by atoms with van der Waals surface area (Å²) in [5, 5.41) is 16.6. The van der Waals surface area contributed by atoms with Crippen LogP contribution in [0.5, 0.6) is 0 Å². The highest BCUT2D eigenvalue weighted by Crippen LogP contribution is 2.22. The Morgan fingerprint density at radius 2 is 1.96 bits per heavy atom. The molecule has 1 N–H and O–H groups in total. The van der Waals surface area contributed by atoms with Crippen LogP contribution < -0.4 is 5.32 Å². The molecule has 0 radical (unpaired) electrons. The quantitative estimate of drug-likeness (QED) is 0.788. The van der Waals surface area contributed by atoms with E-state index in [0.29, 0.717) is 23.2 Å². The van der Waals surface area contributed by atoms with E-state index in [1.54, 1.807) is 12.1 Å². The van der Waals surface area contributed by atoms with Crippen molar-refractivity contribution in [1.29, 1.82) is 0 Å². The van der Waals surface area contributed by atoms with E-state index in [1.807, 2.05) is 31.0 Å². The predicted octanol–water partition coefficient (Wildman–Crippen LogP) is 2.82. The molecule has 1 amide bonds. The van der Waals surface area contributed by atoms with Gasteiger partial charge in [0.15, 0.2) is 6.04 Å². The van der Waals surface area contributed by atoms with Crippen molar-refractivity contribution >= 4 is 29.9 Å². The van der Waals surface area contributed by atoms with Gasteiger partial charge in [-0.25, -0.2) is 0 Å². The molecule has 1 aliphatic heterocycles. The van der Waals surface area contributed by atoms with Crippen LogP contribution in [-0.2, 0) is 4.79 Å². The number of benzene rings is 1. The second-order valence-electron chi connectivity index (χ2n) is 6.69. The largest absolute Gasteiger partial charge is 0.341 e. The summed E-state index contributed by atoms with van der Waals surface area (Å²) in [6, 6.07) is 6.85. The summed E-state index contributed by atoms with van der Waals surface area (Å²) in [5.74, 6) is 1.22. The second kappa shape index (κ2) is 10.0. The first-order valence-corrected chi connectivity index (χ1v) is 9.49. The predicted molar refractivity (Wildman–Crippen MR) is 108 cm³/mol. The summed E-state index contributed by atoms with van der Waals surface area (Å²) in [6.45, 7) is 4.57. The zero-order chi connectivity index (χ0) is 18.5. The maximum atomic E-state index is 12.9. The lowest BCUT2D eigenvalue weighted by atomic mass is 9.96. The molecule has 1 aromatic heterocycles. The summed E-state index contributed by atoms with van der Waals surface area (Å²) < 4.78 is 0. The fraction of sp³-hybridized carbons (Fsp3) is 0.556. The van der Waals surface area contributed by atoms with Gasteiger partial charge in [-0.2, -0.15) is 4.80 Å². The van der Waals surface area contributed by atoms with Gasteiger partial charge in [0.1, 0.15) is 0 Å². The number of amides is 1. The minimum absolute atomic E-state index is 0. The Bertz CT molecular complexity index is 728. The third-order valence-corrected chi connectivity index (χ3v) is 5.15. The molecule has 1 aliphatic rings. The summed E-state index contributed by atoms with van der Waals surface area (Å²) in [4.78, 5) is 16.3. The zero-order valence-corrected chi connectivity index (χ0v) is 17.2. The highest BCUT2D eigenvalue weighted by molar-refractivity contribution is 6.30. The number of hydrogen-bond donors (Lipinski definition) is 1. The van der Waals surface area contributed by atoms with E-state index in [4.69, 9.17) is 11.6 Å². The van der Waals surface area contributed by atoms with E-state index in [2.05, 4.69) is 20.7 Å². The van der Waals surface area contributed by atoms with Gasteiger partial charge in [0.2, 0.25) is 11.7 Å². The molecule has 148 valence electrons. The Balaban J connectivity index is 0.00000261. The number of halogens is 2. The van der Waals surface area contributed by atoms with Gasteiger partial charge in [0.05, 0.1) is 0 Å². The van der Waals surface area contributed by atoms with Gasteiger partial charge in [-0.1, -0.05) is 18.5 Å². The molecule has 7 nitrogen and oxygen atoms in total. The SMILES string of the molecule is CCC(C(=O)N1CCC(CNC)CC1)n1nnc(-c2ccc(Cl)cc2)n1.Cl. The zero-order valence-electron chi connectivity index (χ0n) is 15.6. The smallest absolute Gasteiger partial charge is 0.249 e. The number of piperidine rings is 1. The minimum atomic E-state index is -0.413. The second-order valence-corrected chi connectivity index (χ2v) is 7.13. The summed E-state index contributed by atoms with van der Waals surface area (Å²) >= 11 is 5.92. The molecular weight excluding hydrogens is 387 g/mol. The molecule has 0 aliphatic carbocycles. The summed E-state index contributed by atoms with van der Waals surface area (Å²) in [5.41, 5.74) is 0.829. The van der Waals surface area contributed by atoms with Crippen molar-refractivity contribution in [2.45, 2.75) is 32.2 Å². The first-order valence-electron chi connectivity index (χ1n) is 9.11. The standard InChI is InChI=1S/C18H25ClN6O.ClH/c1-3-16(18(26)24-10-8-13(9-11-24)12-20-2)25-22-17(21-23-25)14-4-6-15(19)7-5-14;/h4-7,13,16,20H,3,8-12H2,1-2H3;1H. The van der Waals surface area contributed by atoms with Crippen LogP contribution in [0.3, 0.4) is 0 Å². The molecule has 1 unspecified atom stereocenters. The van der Waals surface area contributed by atoms with Crippen molar-refractivity contribution in [2.75, 3.05) is 26.7 Å². The van der Waals surface area contributed by atoms with Crippen LogP contribution >= 0.6 is 24.0 Å². The fourth-order valence-electron chi connectivity index (χ4n) is 3.37. The first-order chi connectivity index (χ1) is 12.6. The van der Waals surface area contributed by atoms with Crippen LogP contribution in [0.1, 0.15) is 32.2 Å². The van der Waals surface area contributed by atoms with E-state index >= 15 is 0 Å². The van der Waals surface area contributed by atoms with E-state index in [1.165, 1.54) is 4.80 Å². The number of nitrogens with zero attached hydrogens (tertiary/aromatic N) is 5. The molecule has 0 spiro atoms. The van der Waals surface area contributed by atoms with Gasteiger partial charge < -0.3 is 10.2 Å². The van der Waals surface area contributed by atoms with Crippen molar-refractivity contribution in [3.05, 3.63) is 29.3 Å². The van der Waals surface area contributed by atoms with Gasteiger partial charge in [-0.3, -0.25) is 4.79 Å². The maximum absolute atomic E-state index is 12.9. The van der Waals surface area contributed by atoms with Crippen molar-refractivity contribution in [3.8, 4) is 11.4 Å². The van der Waals surface area contributed by atoms with Crippen LogP contribution in [0.15, 0.2) is 24.3 Å². The van der Waals surface area contributed by atoms with Crippen molar-refractivity contribution in [1.82, 2.24) is 30.4 Å². The third kappa shape index (κ3) is 5.18. The lowest BCUT2D eigenvalue weighted by molar-refractivity contribution is -0.137. The van der Waals surface area contributed by atoms with E-state index in [9.17, 15) is 4.79 Å². The molecule has 1 atom stereocenters. The van der Waals surface area contributed by atoms with Gasteiger partial charge in [-0.15, -0.1) is 22.6 Å². The van der Waals surface area contributed by atoms with E-state index in [-0.39, 0.29) is 18.3 Å². The van der Waals surface area contributed by atoms with Gasteiger partial charge in [0.25, 0.3) is 0 Å². The highest BCUT2D eigenvalue weighted by atomic mass is 35.5. The molecule has 3 rings (SSSR count). The van der Waals surface area contributed by atoms with Gasteiger partial charge >= 0.3 is 0 Å². The van der Waals surface area contributed by atoms with Crippen LogP contribution in [0.4, 0.5) is 0 Å². The molecule has 27 heavy (non-hydrogen) atoms. The summed E-state index contributed by atoms with van der Waals surface area (Å²) in [6.07, 6.45) is 2.69. The first kappa shape index (κ1) is 21.6. The third-order valence-electron chi connectivity index (χ3n) is 4.90. The Morgan fingerprint density at radius 3 is 2.56 bits per heavy atom. The van der Waals surface area contributed by atoms with Crippen molar-refractivity contribution in [2.24, 2.45) is 5.92 Å². The minimum Gasteiger partial charge on any atom is -0.341 e. The van der Waals surface area contributed by atoms with E-state index < -0.39 is 6.04 Å². The van der Waals surface area contributed by atoms with Crippen LogP contribution in [0.2, 0.25) is 5.02 Å². The van der Waals surface area contributed by atoms with Crippen LogP contribution in [-0.4, -0.2) is 57.7 Å². The number of carbonyl (C=O) groups excluding carboxylic acids is 1. The Kier molecular flexibility index (Phi) is 8.01. The normalized spacial score (nSPS) is 16.0. The van der Waals surface area contributed by atoms with Crippen LogP contribution in [0.25, 0.3) is 11.4 Å². The highest BCUT2D eigenvalue weighted by Gasteiger charge is 2.29. The molecule has 1 saturated heterocycles. The topological polar surface area (TPSA) is 75.9 Å². The molecule has 9 heteroatoms. The van der Waals surface area contributed by atoms with Gasteiger partial charge in [0, 0.05) is 23.7 Å². The van der Waals surface area contributed by atoms with E-state index in [0.717, 1.165) is 38.0 Å². The van der Waals surface area contributed by atoms with Crippen molar-refractivity contribution < 1.29 is 4.79 Å². The molecular formula is C18H26Cl2N6O. The summed E-state index contributed by atoms with van der Waals surface area (Å²) in [7, 11) is 1.97. The maximum Gasteiger partial charge on any atom is 0.249 e. The van der Waals surface area contributed by atoms with Crippen molar-refractivity contribution in [3.63, 3.8) is 0 Å². The van der Waals surface area contributed by atoms with Gasteiger partial charge in [-0.05, 0) is 68.3 Å². The Hall–Kier alpha value is -1.70. The Labute approximate surface area is 170 Å². The number of rotatable bonds is 6. The number of aromatic nitrogens is 4. The average molecular weight is 413 g/mol. The fourth-order valence-corrected chi connectivity index (χ4v) is 3.49. The monoisotopic (exact) mass is 412 g/mol. The lowest BCUT2D eigenvalue weighted by Gasteiger charge is -2.33. The molecule has 2 heterocycles. The number of tetrazole rings is 1. The molecule has 0 saturated carbocycles. The lowest BCUT2D eigenvalue weighted by Crippen LogP contribution is -2.44. The molecule has 1 aromatic carbocycles.